The zero-order valence-electron chi connectivity index (χ0n) is 15.0. The number of aromatic nitrogens is 2. The van der Waals surface area contributed by atoms with Gasteiger partial charge in [-0.25, -0.2) is 9.59 Å². The molecular weight excluding hydrogens is 378 g/mol. The predicted octanol–water partition coefficient (Wildman–Crippen LogP) is -2.62. The lowest BCUT2D eigenvalue weighted by Gasteiger charge is -2.20. The van der Waals surface area contributed by atoms with Gasteiger partial charge in [0.2, 0.25) is 17.7 Å². The molecule has 28 heavy (non-hydrogen) atoms. The molecule has 0 aliphatic rings. The van der Waals surface area contributed by atoms with Gasteiger partial charge >= 0.3 is 12.0 Å². The second-order valence-corrected chi connectivity index (χ2v) is 6.00. The summed E-state index contributed by atoms with van der Waals surface area (Å²) >= 11 is 0. The van der Waals surface area contributed by atoms with Crippen LogP contribution in [0.1, 0.15) is 50.0 Å². The minimum Gasteiger partial charge on any atom is -0.480 e. The molecular formula is C14H23N7O7. The molecule has 0 aliphatic heterocycles. The van der Waals surface area contributed by atoms with Gasteiger partial charge in [0, 0.05) is 12.8 Å². The second kappa shape index (κ2) is 10.2. The molecule has 0 saturated carbocycles. The van der Waals surface area contributed by atoms with Gasteiger partial charge in [-0.1, -0.05) is 5.16 Å². The van der Waals surface area contributed by atoms with Crippen LogP contribution in [0.5, 0.6) is 0 Å². The SMILES string of the molecule is C[C@@H](O)[C@H](NC(=O)N[C@@H](CCC(N)=O)c1nc([C@@H](N)CC(N)=O)no1)C(=O)O. The lowest BCUT2D eigenvalue weighted by Crippen LogP contribution is -2.51. The van der Waals surface area contributed by atoms with Crippen LogP contribution in [0.4, 0.5) is 4.79 Å². The van der Waals surface area contributed by atoms with Crippen LogP contribution in [-0.4, -0.2) is 56.3 Å². The summed E-state index contributed by atoms with van der Waals surface area (Å²) in [7, 11) is 0. The molecule has 0 unspecified atom stereocenters. The number of nitrogens with two attached hydrogens (primary N) is 3. The third kappa shape index (κ3) is 7.16. The average molecular weight is 401 g/mol. The maximum Gasteiger partial charge on any atom is 0.328 e. The normalized spacial score (nSPS) is 15.1. The highest BCUT2D eigenvalue weighted by atomic mass is 16.5. The summed E-state index contributed by atoms with van der Waals surface area (Å²) in [4.78, 5) is 49.1. The van der Waals surface area contributed by atoms with Gasteiger partial charge in [-0.2, -0.15) is 4.98 Å². The Kier molecular flexibility index (Phi) is 8.28. The molecule has 0 saturated heterocycles. The zero-order valence-corrected chi connectivity index (χ0v) is 15.0. The van der Waals surface area contributed by atoms with Crippen LogP contribution >= 0.6 is 0 Å². The molecule has 0 aliphatic carbocycles. The maximum absolute atomic E-state index is 12.1. The molecule has 4 amide bonds. The first kappa shape index (κ1) is 22.8. The van der Waals surface area contributed by atoms with Gasteiger partial charge in [-0.05, 0) is 13.3 Å². The average Bonchev–Trinajstić information content (AvgIpc) is 3.05. The van der Waals surface area contributed by atoms with Crippen molar-refractivity contribution in [1.82, 2.24) is 20.8 Å². The van der Waals surface area contributed by atoms with E-state index in [2.05, 4.69) is 20.8 Å². The lowest BCUT2D eigenvalue weighted by molar-refractivity contribution is -0.141. The third-order valence-electron chi connectivity index (χ3n) is 3.53. The van der Waals surface area contributed by atoms with Gasteiger partial charge in [0.25, 0.3) is 0 Å². The molecule has 1 aromatic rings. The number of urea groups is 1. The van der Waals surface area contributed by atoms with Gasteiger partial charge in [-0.15, -0.1) is 0 Å². The number of nitrogens with zero attached hydrogens (tertiary/aromatic N) is 2. The number of rotatable bonds is 11. The number of hydrogen-bond donors (Lipinski definition) is 7. The molecule has 4 atom stereocenters. The van der Waals surface area contributed by atoms with E-state index in [0.29, 0.717) is 0 Å². The highest BCUT2D eigenvalue weighted by molar-refractivity contribution is 5.83. The first-order chi connectivity index (χ1) is 13.0. The van der Waals surface area contributed by atoms with Crippen molar-refractivity contribution >= 4 is 23.8 Å². The third-order valence-corrected chi connectivity index (χ3v) is 3.53. The predicted molar refractivity (Wildman–Crippen MR) is 91.0 cm³/mol. The highest BCUT2D eigenvalue weighted by Gasteiger charge is 2.28. The summed E-state index contributed by atoms with van der Waals surface area (Å²) in [5.41, 5.74) is 15.9. The lowest BCUT2D eigenvalue weighted by atomic mass is 10.1. The number of carbonyl (C=O) groups excluding carboxylic acids is 3. The first-order valence-corrected chi connectivity index (χ1v) is 8.14. The molecule has 1 aromatic heterocycles. The Hall–Kier alpha value is -3.26. The molecule has 0 radical (unpaired) electrons. The number of aliphatic carboxylic acids is 1. The fourth-order valence-corrected chi connectivity index (χ4v) is 2.12. The molecule has 0 bridgehead atoms. The fraction of sp³-hybridized carbons (Fsp3) is 0.571. The largest absolute Gasteiger partial charge is 0.480 e. The van der Waals surface area contributed by atoms with Crippen molar-refractivity contribution in [3.63, 3.8) is 0 Å². The molecule has 0 aromatic carbocycles. The number of carboxylic acid groups (broad SMARTS) is 1. The van der Waals surface area contributed by atoms with E-state index in [1.807, 2.05) is 0 Å². The molecule has 1 rings (SSSR count). The Morgan fingerprint density at radius 3 is 2.32 bits per heavy atom. The van der Waals surface area contributed by atoms with Crippen molar-refractivity contribution in [2.24, 2.45) is 17.2 Å². The van der Waals surface area contributed by atoms with Crippen LogP contribution in [0.15, 0.2) is 4.52 Å². The number of carboxylic acids is 1. The quantitative estimate of drug-likeness (QED) is 0.203. The van der Waals surface area contributed by atoms with Crippen molar-refractivity contribution < 1.29 is 33.9 Å². The Balaban J connectivity index is 2.92. The van der Waals surface area contributed by atoms with E-state index < -0.39 is 48.0 Å². The van der Waals surface area contributed by atoms with Gasteiger partial charge in [-0.3, -0.25) is 9.59 Å². The Morgan fingerprint density at radius 2 is 1.82 bits per heavy atom. The van der Waals surface area contributed by atoms with E-state index in [1.54, 1.807) is 0 Å². The van der Waals surface area contributed by atoms with E-state index >= 15 is 0 Å². The van der Waals surface area contributed by atoms with Crippen LogP contribution in [0.2, 0.25) is 0 Å². The van der Waals surface area contributed by atoms with Crippen molar-refractivity contribution in [3.05, 3.63) is 11.7 Å². The number of aliphatic hydroxyl groups excluding tert-OH is 1. The smallest absolute Gasteiger partial charge is 0.328 e. The van der Waals surface area contributed by atoms with Crippen molar-refractivity contribution in [2.75, 3.05) is 0 Å². The number of hydrogen-bond acceptors (Lipinski definition) is 9. The zero-order chi connectivity index (χ0) is 21.4. The summed E-state index contributed by atoms with van der Waals surface area (Å²) in [6.45, 7) is 1.19. The Morgan fingerprint density at radius 1 is 1.18 bits per heavy atom. The fourth-order valence-electron chi connectivity index (χ4n) is 2.12. The number of carbonyl (C=O) groups is 4. The molecule has 14 nitrogen and oxygen atoms in total. The molecule has 14 heteroatoms. The van der Waals surface area contributed by atoms with Gasteiger partial charge in [0.15, 0.2) is 11.9 Å². The van der Waals surface area contributed by atoms with Gasteiger partial charge in [0.1, 0.15) is 6.04 Å². The molecule has 0 spiro atoms. The number of nitrogens with one attached hydrogen (secondary N) is 2. The Bertz CT molecular complexity index is 721. The van der Waals surface area contributed by atoms with E-state index in [0.717, 1.165) is 0 Å². The van der Waals surface area contributed by atoms with Crippen LogP contribution in [0.25, 0.3) is 0 Å². The van der Waals surface area contributed by atoms with E-state index in [1.165, 1.54) is 6.92 Å². The number of primary amides is 2. The summed E-state index contributed by atoms with van der Waals surface area (Å²) in [6, 6.07) is -4.49. The summed E-state index contributed by atoms with van der Waals surface area (Å²) in [5, 5.41) is 26.4. The van der Waals surface area contributed by atoms with Crippen LogP contribution < -0.4 is 27.8 Å². The Labute approximate surface area is 158 Å². The molecule has 0 fully saturated rings. The molecule has 10 N–H and O–H groups in total. The minimum absolute atomic E-state index is 0.0398. The standard InChI is InChI=1S/C14H23N7O7/c1-5(22)10(13(25)26)19-14(27)18-7(2-3-8(16)23)12-20-11(21-28-12)6(15)4-9(17)24/h5-7,10,22H,2-4,15H2,1H3,(H2,16,23)(H2,17,24)(H,25,26)(H2,18,19,27)/t5-,6+,7+,10+/m1/s1. The van der Waals surface area contributed by atoms with E-state index in [-0.39, 0.29) is 31.0 Å². The minimum atomic E-state index is -1.57. The first-order valence-electron chi connectivity index (χ1n) is 8.14. The van der Waals surface area contributed by atoms with Gasteiger partial charge < -0.3 is 42.6 Å². The topological polar surface area (TPSA) is 250 Å². The van der Waals surface area contributed by atoms with E-state index in [4.69, 9.17) is 26.8 Å². The van der Waals surface area contributed by atoms with Gasteiger partial charge in [0.05, 0.1) is 12.1 Å². The van der Waals surface area contributed by atoms with E-state index in [9.17, 15) is 24.3 Å². The summed E-state index contributed by atoms with van der Waals surface area (Å²) < 4.78 is 5.01. The number of aliphatic hydroxyl groups is 1. The molecule has 156 valence electrons. The molecule has 1 heterocycles. The monoisotopic (exact) mass is 401 g/mol. The second-order valence-electron chi connectivity index (χ2n) is 6.00. The summed E-state index contributed by atoms with van der Waals surface area (Å²) in [5.74, 6) is -2.98. The number of amides is 4. The highest BCUT2D eigenvalue weighted by Crippen LogP contribution is 2.19. The van der Waals surface area contributed by atoms with Crippen molar-refractivity contribution in [2.45, 2.75) is 50.4 Å². The van der Waals surface area contributed by atoms with Crippen LogP contribution in [0.3, 0.4) is 0 Å². The van der Waals surface area contributed by atoms with Crippen LogP contribution in [-0.2, 0) is 14.4 Å². The summed E-state index contributed by atoms with van der Waals surface area (Å²) in [6.07, 6.45) is -1.81. The maximum atomic E-state index is 12.1. The van der Waals surface area contributed by atoms with Crippen molar-refractivity contribution in [3.8, 4) is 0 Å². The van der Waals surface area contributed by atoms with Crippen LogP contribution in [0, 0.1) is 0 Å². The van der Waals surface area contributed by atoms with Crippen molar-refractivity contribution in [1.29, 1.82) is 0 Å².